The van der Waals surface area contributed by atoms with Gasteiger partial charge >= 0.3 is 10.2 Å². The number of nitrogens with zero attached hydrogens (tertiary/aromatic N) is 1. The first-order chi connectivity index (χ1) is 9.45. The van der Waals surface area contributed by atoms with Gasteiger partial charge in [-0.15, -0.1) is 3.89 Å². The van der Waals surface area contributed by atoms with E-state index in [0.29, 0.717) is 6.54 Å². The summed E-state index contributed by atoms with van der Waals surface area (Å²) in [6.07, 6.45) is 9.18. The SMILES string of the molecule is CCCCCCCCCCN1CC(S(=O)(=O)F)CC1=O. The Balaban J connectivity index is 2.09. The van der Waals surface area contributed by atoms with Gasteiger partial charge in [0, 0.05) is 19.5 Å². The first kappa shape index (κ1) is 17.4. The number of carbonyl (C=O) groups is 1. The molecule has 1 fully saturated rings. The van der Waals surface area contributed by atoms with Crippen molar-refractivity contribution in [1.29, 1.82) is 0 Å². The van der Waals surface area contributed by atoms with Crippen LogP contribution in [0, 0.1) is 0 Å². The van der Waals surface area contributed by atoms with Gasteiger partial charge in [-0.2, -0.15) is 8.42 Å². The van der Waals surface area contributed by atoms with E-state index in [-0.39, 0.29) is 18.9 Å². The molecule has 118 valence electrons. The van der Waals surface area contributed by atoms with Gasteiger partial charge in [-0.05, 0) is 6.42 Å². The maximum absolute atomic E-state index is 12.8. The quantitative estimate of drug-likeness (QED) is 0.460. The zero-order chi connectivity index (χ0) is 15.0. The minimum Gasteiger partial charge on any atom is -0.341 e. The smallest absolute Gasteiger partial charge is 0.307 e. The normalized spacial score (nSPS) is 19.8. The van der Waals surface area contributed by atoms with Gasteiger partial charge in [-0.1, -0.05) is 51.9 Å². The van der Waals surface area contributed by atoms with E-state index in [1.165, 1.54) is 37.0 Å². The Kier molecular flexibility index (Phi) is 7.48. The molecule has 0 aromatic carbocycles. The Labute approximate surface area is 121 Å². The molecule has 1 heterocycles. The second-order valence-corrected chi connectivity index (χ2v) is 7.23. The third kappa shape index (κ3) is 6.20. The average Bonchev–Trinajstić information content (AvgIpc) is 2.74. The van der Waals surface area contributed by atoms with Crippen LogP contribution in [0.4, 0.5) is 3.89 Å². The first-order valence-corrected chi connectivity index (χ1v) is 9.11. The van der Waals surface area contributed by atoms with Crippen molar-refractivity contribution in [2.24, 2.45) is 0 Å². The van der Waals surface area contributed by atoms with Gasteiger partial charge in [0.25, 0.3) is 0 Å². The predicted molar refractivity (Wildman–Crippen MR) is 77.6 cm³/mol. The number of amides is 1. The Bertz CT molecular complexity index is 397. The Morgan fingerprint density at radius 3 is 2.15 bits per heavy atom. The topological polar surface area (TPSA) is 54.5 Å². The van der Waals surface area contributed by atoms with Crippen molar-refractivity contribution < 1.29 is 17.1 Å². The molecule has 1 rings (SSSR count). The van der Waals surface area contributed by atoms with Crippen LogP contribution in [0.5, 0.6) is 0 Å². The van der Waals surface area contributed by atoms with Gasteiger partial charge in [0.15, 0.2) is 0 Å². The van der Waals surface area contributed by atoms with Crippen LogP contribution in [-0.4, -0.2) is 37.6 Å². The predicted octanol–water partition coefficient (Wildman–Crippen LogP) is 3.03. The highest BCUT2D eigenvalue weighted by molar-refractivity contribution is 7.87. The molecular weight excluding hydrogens is 281 g/mol. The second-order valence-electron chi connectivity index (χ2n) is 5.62. The monoisotopic (exact) mass is 307 g/mol. The first-order valence-electron chi connectivity index (χ1n) is 7.66. The van der Waals surface area contributed by atoms with Gasteiger partial charge < -0.3 is 4.90 Å². The molecule has 1 amide bonds. The van der Waals surface area contributed by atoms with Gasteiger partial charge in [-0.3, -0.25) is 4.79 Å². The van der Waals surface area contributed by atoms with E-state index in [0.717, 1.165) is 19.3 Å². The Hall–Kier alpha value is -0.650. The van der Waals surface area contributed by atoms with Crippen LogP contribution in [0.25, 0.3) is 0 Å². The highest BCUT2D eigenvalue weighted by Crippen LogP contribution is 2.20. The fraction of sp³-hybridized carbons (Fsp3) is 0.929. The second kappa shape index (κ2) is 8.60. The Morgan fingerprint density at radius 2 is 1.65 bits per heavy atom. The maximum atomic E-state index is 12.8. The molecule has 20 heavy (non-hydrogen) atoms. The molecule has 1 unspecified atom stereocenters. The van der Waals surface area contributed by atoms with Crippen molar-refractivity contribution in [1.82, 2.24) is 4.90 Å². The molecule has 0 N–H and O–H groups in total. The number of halogens is 1. The van der Waals surface area contributed by atoms with Crippen LogP contribution in [-0.2, 0) is 15.0 Å². The Morgan fingerprint density at radius 1 is 1.10 bits per heavy atom. The molecule has 6 heteroatoms. The highest BCUT2D eigenvalue weighted by atomic mass is 32.3. The lowest BCUT2D eigenvalue weighted by Crippen LogP contribution is -2.28. The third-order valence-corrected chi connectivity index (χ3v) is 4.97. The lowest BCUT2D eigenvalue weighted by molar-refractivity contribution is -0.127. The summed E-state index contributed by atoms with van der Waals surface area (Å²) in [6.45, 7) is 2.77. The zero-order valence-electron chi connectivity index (χ0n) is 12.3. The number of rotatable bonds is 10. The highest BCUT2D eigenvalue weighted by Gasteiger charge is 2.37. The molecule has 0 spiro atoms. The van der Waals surface area contributed by atoms with Crippen molar-refractivity contribution in [3.63, 3.8) is 0 Å². The fourth-order valence-electron chi connectivity index (χ4n) is 2.58. The standard InChI is InChI=1S/C14H26FNO3S/c1-2-3-4-5-6-7-8-9-10-16-12-13(11-14(16)17)20(15,18)19/h13H,2-12H2,1H3. The number of carbonyl (C=O) groups excluding carboxylic acids is 1. The third-order valence-electron chi connectivity index (χ3n) is 3.86. The number of unbranched alkanes of at least 4 members (excludes halogenated alkanes) is 7. The van der Waals surface area contributed by atoms with Crippen LogP contribution >= 0.6 is 0 Å². The lowest BCUT2D eigenvalue weighted by atomic mass is 10.1. The van der Waals surface area contributed by atoms with E-state index in [1.807, 2.05) is 0 Å². The van der Waals surface area contributed by atoms with E-state index in [9.17, 15) is 17.1 Å². The van der Waals surface area contributed by atoms with Crippen LogP contribution in [0.3, 0.4) is 0 Å². The number of hydrogen-bond donors (Lipinski definition) is 0. The number of likely N-dealkylation sites (tertiary alicyclic amines) is 1. The summed E-state index contributed by atoms with van der Waals surface area (Å²) in [4.78, 5) is 13.0. The minimum absolute atomic E-state index is 0.0220. The van der Waals surface area contributed by atoms with Crippen LogP contribution in [0.2, 0.25) is 0 Å². The molecule has 1 aliphatic heterocycles. The van der Waals surface area contributed by atoms with E-state index in [4.69, 9.17) is 0 Å². The molecule has 0 aliphatic carbocycles. The summed E-state index contributed by atoms with van der Waals surface area (Å²) in [5.74, 6) is -0.237. The molecule has 0 saturated carbocycles. The van der Waals surface area contributed by atoms with Crippen molar-refractivity contribution in [2.45, 2.75) is 70.0 Å². The van der Waals surface area contributed by atoms with E-state index in [2.05, 4.69) is 6.92 Å². The molecule has 1 atom stereocenters. The van der Waals surface area contributed by atoms with E-state index < -0.39 is 15.5 Å². The summed E-state index contributed by atoms with van der Waals surface area (Å²) in [7, 11) is -4.58. The summed E-state index contributed by atoms with van der Waals surface area (Å²) in [5.41, 5.74) is 0. The zero-order valence-corrected chi connectivity index (χ0v) is 13.1. The molecule has 0 bridgehead atoms. The summed E-state index contributed by atoms with van der Waals surface area (Å²) in [6, 6.07) is 0. The fourth-order valence-corrected chi connectivity index (χ4v) is 3.28. The molecule has 1 saturated heterocycles. The van der Waals surface area contributed by atoms with Crippen LogP contribution in [0.1, 0.15) is 64.7 Å². The van der Waals surface area contributed by atoms with Gasteiger partial charge in [-0.25, -0.2) is 0 Å². The molecule has 0 aromatic rings. The van der Waals surface area contributed by atoms with Crippen LogP contribution in [0.15, 0.2) is 0 Å². The molecule has 0 aromatic heterocycles. The largest absolute Gasteiger partial charge is 0.341 e. The number of hydrogen-bond acceptors (Lipinski definition) is 3. The lowest BCUT2D eigenvalue weighted by Gasteiger charge is -2.15. The molecule has 1 aliphatic rings. The van der Waals surface area contributed by atoms with Crippen LogP contribution < -0.4 is 0 Å². The van der Waals surface area contributed by atoms with E-state index >= 15 is 0 Å². The molecule has 0 radical (unpaired) electrons. The maximum Gasteiger partial charge on any atom is 0.307 e. The molecule has 4 nitrogen and oxygen atoms in total. The van der Waals surface area contributed by atoms with Crippen molar-refractivity contribution in [2.75, 3.05) is 13.1 Å². The summed E-state index contributed by atoms with van der Waals surface area (Å²) in [5, 5.41) is -1.15. The summed E-state index contributed by atoms with van der Waals surface area (Å²) >= 11 is 0. The average molecular weight is 307 g/mol. The van der Waals surface area contributed by atoms with Crippen molar-refractivity contribution in [3.05, 3.63) is 0 Å². The van der Waals surface area contributed by atoms with Gasteiger partial charge in [0.2, 0.25) is 5.91 Å². The molecular formula is C14H26FNO3S. The van der Waals surface area contributed by atoms with Crippen molar-refractivity contribution >= 4 is 16.1 Å². The van der Waals surface area contributed by atoms with Gasteiger partial charge in [0.05, 0.1) is 0 Å². The summed E-state index contributed by atoms with van der Waals surface area (Å²) < 4.78 is 34.4. The van der Waals surface area contributed by atoms with E-state index in [1.54, 1.807) is 0 Å². The van der Waals surface area contributed by atoms with Crippen molar-refractivity contribution in [3.8, 4) is 0 Å². The minimum atomic E-state index is -4.58. The van der Waals surface area contributed by atoms with Gasteiger partial charge in [0.1, 0.15) is 5.25 Å².